The van der Waals surface area contributed by atoms with Crippen molar-refractivity contribution >= 4 is 22.6 Å². The summed E-state index contributed by atoms with van der Waals surface area (Å²) in [5.41, 5.74) is 2.11. The summed E-state index contributed by atoms with van der Waals surface area (Å²) in [4.78, 5) is 26.2. The van der Waals surface area contributed by atoms with Gasteiger partial charge in [-0.05, 0) is 38.1 Å². The number of carbonyl (C=O) groups is 1. The molecule has 0 spiro atoms. The van der Waals surface area contributed by atoms with E-state index in [0.29, 0.717) is 24.5 Å². The van der Waals surface area contributed by atoms with Crippen LogP contribution in [0.3, 0.4) is 0 Å². The minimum atomic E-state index is -0.591. The van der Waals surface area contributed by atoms with Crippen LogP contribution >= 0.6 is 0 Å². The average Bonchev–Trinajstić information content (AvgIpc) is 3.44. The van der Waals surface area contributed by atoms with E-state index < -0.39 is 11.7 Å². The van der Waals surface area contributed by atoms with Crippen molar-refractivity contribution in [3.8, 4) is 17.5 Å². The monoisotopic (exact) mass is 458 g/mol. The van der Waals surface area contributed by atoms with E-state index in [0.717, 1.165) is 16.6 Å². The number of halogens is 1. The first-order valence-corrected chi connectivity index (χ1v) is 11.0. The van der Waals surface area contributed by atoms with Crippen molar-refractivity contribution in [2.75, 3.05) is 11.4 Å². The van der Waals surface area contributed by atoms with Gasteiger partial charge in [0.15, 0.2) is 5.82 Å². The molecule has 0 radical (unpaired) electrons. The van der Waals surface area contributed by atoms with E-state index in [-0.39, 0.29) is 23.7 Å². The fourth-order valence-electron chi connectivity index (χ4n) is 4.26. The predicted molar refractivity (Wildman–Crippen MR) is 124 cm³/mol. The predicted octanol–water partition coefficient (Wildman–Crippen LogP) is 3.65. The summed E-state index contributed by atoms with van der Waals surface area (Å²) in [6, 6.07) is 8.61. The number of aromatic amines is 1. The lowest BCUT2D eigenvalue weighted by molar-refractivity contribution is 0.0939. The van der Waals surface area contributed by atoms with Gasteiger partial charge in [-0.1, -0.05) is 0 Å². The Hall–Kier alpha value is -4.26. The number of nitrogens with zero attached hydrogens (tertiary/aromatic N) is 6. The van der Waals surface area contributed by atoms with Crippen LogP contribution in [0.25, 0.3) is 22.4 Å². The molecule has 4 aromatic rings. The minimum absolute atomic E-state index is 0.00123. The third-order valence-electron chi connectivity index (χ3n) is 5.91. The van der Waals surface area contributed by atoms with Crippen molar-refractivity contribution in [3.63, 3.8) is 0 Å². The molecule has 0 aliphatic carbocycles. The van der Waals surface area contributed by atoms with Gasteiger partial charge >= 0.3 is 0 Å². The summed E-state index contributed by atoms with van der Waals surface area (Å²) in [7, 11) is 0. The van der Waals surface area contributed by atoms with E-state index in [2.05, 4.69) is 31.4 Å². The Morgan fingerprint density at radius 1 is 1.35 bits per heavy atom. The number of fused-ring (bicyclic) bond motifs is 1. The zero-order valence-corrected chi connectivity index (χ0v) is 18.7. The average molecular weight is 459 g/mol. The van der Waals surface area contributed by atoms with Gasteiger partial charge in [-0.15, -0.1) is 0 Å². The zero-order valence-electron chi connectivity index (χ0n) is 18.7. The fraction of sp³-hybridized carbons (Fsp3) is 0.292. The molecule has 1 saturated heterocycles. The van der Waals surface area contributed by atoms with Gasteiger partial charge in [-0.2, -0.15) is 10.4 Å². The second-order valence-electron chi connectivity index (χ2n) is 8.66. The number of anilines is 1. The summed E-state index contributed by atoms with van der Waals surface area (Å²) in [5, 5.41) is 17.4. The van der Waals surface area contributed by atoms with Crippen molar-refractivity contribution in [3.05, 3.63) is 60.4 Å². The molecule has 34 heavy (non-hydrogen) atoms. The third-order valence-corrected chi connectivity index (χ3v) is 5.91. The van der Waals surface area contributed by atoms with Crippen LogP contribution in [0, 0.1) is 23.1 Å². The highest BCUT2D eigenvalue weighted by Gasteiger charge is 2.41. The number of carbonyl (C=O) groups excluding carboxylic acids is 1. The van der Waals surface area contributed by atoms with Crippen molar-refractivity contribution < 1.29 is 9.18 Å². The first kappa shape index (κ1) is 21.6. The molecular formula is C24H23FN8O. The van der Waals surface area contributed by atoms with Gasteiger partial charge in [-0.3, -0.25) is 4.79 Å². The van der Waals surface area contributed by atoms with E-state index in [9.17, 15) is 14.4 Å². The van der Waals surface area contributed by atoms with Gasteiger partial charge < -0.3 is 15.2 Å². The molecule has 2 unspecified atom stereocenters. The van der Waals surface area contributed by atoms with Crippen LogP contribution in [0.2, 0.25) is 0 Å². The third kappa shape index (κ3) is 3.85. The van der Waals surface area contributed by atoms with Crippen molar-refractivity contribution in [2.45, 2.75) is 32.5 Å². The number of aromatic nitrogens is 5. The molecule has 1 amide bonds. The molecule has 4 heterocycles. The summed E-state index contributed by atoms with van der Waals surface area (Å²) in [6.07, 6.45) is 7.16. The number of rotatable bonds is 6. The lowest BCUT2D eigenvalue weighted by Gasteiger charge is -2.48. The molecule has 1 aliphatic heterocycles. The van der Waals surface area contributed by atoms with Crippen LogP contribution in [0.5, 0.6) is 0 Å². The van der Waals surface area contributed by atoms with E-state index in [1.54, 1.807) is 23.1 Å². The first-order chi connectivity index (χ1) is 16.4. The Morgan fingerprint density at radius 2 is 2.21 bits per heavy atom. The maximum atomic E-state index is 14.8. The Labute approximate surface area is 195 Å². The molecular weight excluding hydrogens is 435 g/mol. The number of nitriles is 1. The van der Waals surface area contributed by atoms with E-state index in [1.807, 2.05) is 37.2 Å². The van der Waals surface area contributed by atoms with Crippen LogP contribution in [0.15, 0.2) is 49.1 Å². The summed E-state index contributed by atoms with van der Waals surface area (Å²) < 4.78 is 16.6. The largest absolute Gasteiger partial charge is 0.350 e. The number of nitrogens with one attached hydrogen (secondary N) is 2. The normalized spacial score (nSPS) is 17.6. The molecule has 1 aromatic carbocycles. The van der Waals surface area contributed by atoms with E-state index in [4.69, 9.17) is 0 Å². The molecule has 0 bridgehead atoms. The zero-order chi connectivity index (χ0) is 23.8. The molecule has 5 rings (SSSR count). The molecule has 0 saturated carbocycles. The van der Waals surface area contributed by atoms with Gasteiger partial charge in [0, 0.05) is 54.6 Å². The first-order valence-electron chi connectivity index (χ1n) is 11.0. The molecule has 2 N–H and O–H groups in total. The van der Waals surface area contributed by atoms with Crippen LogP contribution in [0.1, 0.15) is 36.8 Å². The number of hydrogen-bond acceptors (Lipinski definition) is 6. The van der Waals surface area contributed by atoms with Crippen molar-refractivity contribution in [2.24, 2.45) is 5.92 Å². The van der Waals surface area contributed by atoms with Crippen LogP contribution in [-0.2, 0) is 0 Å². The van der Waals surface area contributed by atoms with Crippen molar-refractivity contribution in [1.29, 1.82) is 5.26 Å². The highest BCUT2D eigenvalue weighted by Crippen LogP contribution is 2.41. The summed E-state index contributed by atoms with van der Waals surface area (Å²) >= 11 is 0. The number of benzene rings is 1. The van der Waals surface area contributed by atoms with E-state index >= 15 is 0 Å². The maximum Gasteiger partial charge on any atom is 0.254 e. The standard InChI is InChI=1S/C24H23FN8O/c1-14(2)30-23(34)19-4-3-18(9-20(19)25)32-12-16(5-7-26)24(32)33-13-17(11-29-33)22-28-10-15-6-8-27-21(15)31-22/h3-4,6,8-11,13-14,16,24H,5,12H2,1-2H3,(H,30,34)(H,27,28,31). The van der Waals surface area contributed by atoms with Gasteiger partial charge in [0.05, 0.1) is 23.4 Å². The molecule has 172 valence electrons. The van der Waals surface area contributed by atoms with Crippen molar-refractivity contribution in [1.82, 2.24) is 30.0 Å². The fourth-order valence-corrected chi connectivity index (χ4v) is 4.26. The van der Waals surface area contributed by atoms with Gasteiger partial charge in [0.1, 0.15) is 17.6 Å². The Balaban J connectivity index is 1.42. The lowest BCUT2D eigenvalue weighted by Crippen LogP contribution is -2.52. The van der Waals surface area contributed by atoms with Gasteiger partial charge in [0.2, 0.25) is 0 Å². The van der Waals surface area contributed by atoms with Gasteiger partial charge in [-0.25, -0.2) is 19.0 Å². The number of hydrogen-bond donors (Lipinski definition) is 2. The second-order valence-corrected chi connectivity index (χ2v) is 8.66. The Bertz CT molecular complexity index is 1400. The number of H-pyrrole nitrogens is 1. The smallest absolute Gasteiger partial charge is 0.254 e. The molecule has 1 fully saturated rings. The second kappa shape index (κ2) is 8.59. The topological polar surface area (TPSA) is 116 Å². The highest BCUT2D eigenvalue weighted by atomic mass is 19.1. The molecule has 3 aromatic heterocycles. The van der Waals surface area contributed by atoms with E-state index in [1.165, 1.54) is 12.1 Å². The number of amides is 1. The van der Waals surface area contributed by atoms with Crippen LogP contribution < -0.4 is 10.2 Å². The Kier molecular flexibility index (Phi) is 5.45. The Morgan fingerprint density at radius 3 is 2.97 bits per heavy atom. The molecule has 10 heteroatoms. The molecule has 1 aliphatic rings. The summed E-state index contributed by atoms with van der Waals surface area (Å²) in [5.74, 6) is -0.476. The minimum Gasteiger partial charge on any atom is -0.350 e. The maximum absolute atomic E-state index is 14.8. The van der Waals surface area contributed by atoms with Crippen LogP contribution in [-0.4, -0.2) is 43.2 Å². The summed E-state index contributed by atoms with van der Waals surface area (Å²) in [6.45, 7) is 4.22. The van der Waals surface area contributed by atoms with Crippen LogP contribution in [0.4, 0.5) is 10.1 Å². The molecule has 9 nitrogen and oxygen atoms in total. The lowest BCUT2D eigenvalue weighted by atomic mass is 9.91. The SMILES string of the molecule is CC(C)NC(=O)c1ccc(N2CC(CC#N)C2n2cc(-c3ncc4cc[nH]c4n3)cn2)cc1F. The van der Waals surface area contributed by atoms with Gasteiger partial charge in [0.25, 0.3) is 5.91 Å². The molecule has 2 atom stereocenters. The highest BCUT2D eigenvalue weighted by molar-refractivity contribution is 5.95. The quantitative estimate of drug-likeness (QED) is 0.456.